The number of isocyanates is 1. The zero-order valence-corrected chi connectivity index (χ0v) is 9.77. The lowest BCUT2D eigenvalue weighted by Crippen LogP contribution is -2.05. The van der Waals surface area contributed by atoms with E-state index < -0.39 is 5.54 Å². The van der Waals surface area contributed by atoms with Crippen LogP contribution in [0, 0.1) is 12.7 Å². The molecule has 0 aliphatic heterocycles. The van der Waals surface area contributed by atoms with Crippen molar-refractivity contribution in [2.24, 2.45) is 4.99 Å². The van der Waals surface area contributed by atoms with Crippen LogP contribution in [0.15, 0.2) is 21.6 Å². The van der Waals surface area contributed by atoms with Gasteiger partial charge in [-0.15, -0.1) is 0 Å². The van der Waals surface area contributed by atoms with Crippen LogP contribution in [0.1, 0.15) is 24.0 Å². The second-order valence-corrected chi connectivity index (χ2v) is 4.64. The van der Waals surface area contributed by atoms with E-state index in [1.807, 2.05) is 13.0 Å². The minimum absolute atomic E-state index is 0.308. The van der Waals surface area contributed by atoms with Crippen LogP contribution in [0.5, 0.6) is 0 Å². The molecule has 0 spiro atoms. The Morgan fingerprint density at radius 1 is 1.53 bits per heavy atom. The van der Waals surface area contributed by atoms with Gasteiger partial charge in [0.1, 0.15) is 5.82 Å². The molecule has 1 aromatic carbocycles. The molecule has 1 aliphatic rings. The maximum absolute atomic E-state index is 13.5. The number of hydrogen-bond acceptors (Lipinski definition) is 2. The molecule has 2 nitrogen and oxygen atoms in total. The molecule has 15 heavy (non-hydrogen) atoms. The molecule has 0 saturated heterocycles. The highest BCUT2D eigenvalue weighted by molar-refractivity contribution is 9.10. The van der Waals surface area contributed by atoms with Crippen molar-refractivity contribution in [1.29, 1.82) is 0 Å². The van der Waals surface area contributed by atoms with Crippen molar-refractivity contribution in [1.82, 2.24) is 0 Å². The molecule has 0 amide bonds. The van der Waals surface area contributed by atoms with Gasteiger partial charge in [-0.25, -0.2) is 9.18 Å². The van der Waals surface area contributed by atoms with Gasteiger partial charge in [-0.3, -0.25) is 0 Å². The van der Waals surface area contributed by atoms with E-state index in [-0.39, 0.29) is 5.82 Å². The third kappa shape index (κ3) is 1.75. The summed E-state index contributed by atoms with van der Waals surface area (Å²) in [7, 11) is 0. The Hall–Kier alpha value is -0.990. The normalized spacial score (nSPS) is 17.0. The van der Waals surface area contributed by atoms with E-state index in [1.165, 1.54) is 6.07 Å². The maximum atomic E-state index is 13.5. The summed E-state index contributed by atoms with van der Waals surface area (Å²) in [6.07, 6.45) is 3.13. The summed E-state index contributed by atoms with van der Waals surface area (Å²) in [5, 5.41) is 0. The number of nitrogens with zero attached hydrogens (tertiary/aromatic N) is 1. The van der Waals surface area contributed by atoms with Gasteiger partial charge in [-0.1, -0.05) is 6.07 Å². The van der Waals surface area contributed by atoms with E-state index in [9.17, 15) is 9.18 Å². The van der Waals surface area contributed by atoms with E-state index >= 15 is 0 Å². The summed E-state index contributed by atoms with van der Waals surface area (Å²) in [5.74, 6) is -0.308. The number of aryl methyl sites for hydroxylation is 1. The smallest absolute Gasteiger partial charge is 0.211 e. The van der Waals surface area contributed by atoms with Crippen molar-refractivity contribution in [3.05, 3.63) is 33.5 Å². The lowest BCUT2D eigenvalue weighted by molar-refractivity contribution is 0.554. The van der Waals surface area contributed by atoms with Crippen LogP contribution in [0.25, 0.3) is 0 Å². The molecule has 0 atom stereocenters. The fourth-order valence-electron chi connectivity index (χ4n) is 1.71. The van der Waals surface area contributed by atoms with Gasteiger partial charge in [0.2, 0.25) is 6.08 Å². The van der Waals surface area contributed by atoms with Crippen molar-refractivity contribution in [2.45, 2.75) is 25.3 Å². The van der Waals surface area contributed by atoms with E-state index in [0.717, 1.165) is 24.0 Å². The van der Waals surface area contributed by atoms with Gasteiger partial charge in [0.25, 0.3) is 0 Å². The van der Waals surface area contributed by atoms with Crippen LogP contribution >= 0.6 is 15.9 Å². The number of halogens is 2. The lowest BCUT2D eigenvalue weighted by Gasteiger charge is -2.12. The van der Waals surface area contributed by atoms with Crippen molar-refractivity contribution < 1.29 is 9.18 Å². The summed E-state index contributed by atoms with van der Waals surface area (Å²) in [4.78, 5) is 14.1. The standard InChI is InChI=1S/C11H9BrFNO/c1-7-4-8(10(12)9(13)5-7)11(2-3-11)14-6-15/h4-5H,2-3H2,1H3. The molecule has 0 N–H and O–H groups in total. The average Bonchev–Trinajstić information content (AvgIpc) is 2.93. The van der Waals surface area contributed by atoms with Gasteiger partial charge in [0.05, 0.1) is 10.0 Å². The predicted molar refractivity (Wildman–Crippen MR) is 57.9 cm³/mol. The Balaban J connectivity index is 2.57. The average molecular weight is 270 g/mol. The van der Waals surface area contributed by atoms with E-state index in [1.54, 1.807) is 6.08 Å². The summed E-state index contributed by atoms with van der Waals surface area (Å²) < 4.78 is 13.9. The highest BCUT2D eigenvalue weighted by Crippen LogP contribution is 2.52. The SMILES string of the molecule is Cc1cc(F)c(Br)c(C2(N=C=O)CC2)c1. The number of hydrogen-bond donors (Lipinski definition) is 0. The minimum Gasteiger partial charge on any atom is -0.211 e. The zero-order valence-electron chi connectivity index (χ0n) is 8.18. The fourth-order valence-corrected chi connectivity index (χ4v) is 2.31. The molecule has 0 radical (unpaired) electrons. The first-order valence-electron chi connectivity index (χ1n) is 4.64. The van der Waals surface area contributed by atoms with Crippen LogP contribution < -0.4 is 0 Å². The summed E-state index contributed by atoms with van der Waals surface area (Å²) in [5.41, 5.74) is 1.06. The molecule has 0 heterocycles. The molecule has 0 bridgehead atoms. The number of aliphatic imine (C=N–C) groups is 1. The Morgan fingerprint density at radius 2 is 2.20 bits per heavy atom. The highest BCUT2D eigenvalue weighted by Gasteiger charge is 2.46. The first-order chi connectivity index (χ1) is 7.09. The Bertz CT molecular complexity index is 462. The molecule has 1 aromatic rings. The molecule has 1 saturated carbocycles. The van der Waals surface area contributed by atoms with Gasteiger partial charge in [-0.2, -0.15) is 4.99 Å². The first kappa shape index (κ1) is 10.5. The number of carbonyl (C=O) groups excluding carboxylic acids is 1. The van der Waals surface area contributed by atoms with Crippen molar-refractivity contribution in [2.75, 3.05) is 0 Å². The lowest BCUT2D eigenvalue weighted by atomic mass is 10.0. The topological polar surface area (TPSA) is 29.4 Å². The van der Waals surface area contributed by atoms with Crippen LogP contribution in [-0.2, 0) is 10.3 Å². The molecular formula is C11H9BrFNO. The van der Waals surface area contributed by atoms with Gasteiger partial charge in [-0.05, 0) is 52.9 Å². The van der Waals surface area contributed by atoms with Gasteiger partial charge in [0.15, 0.2) is 0 Å². The van der Waals surface area contributed by atoms with Gasteiger partial charge in [0, 0.05) is 0 Å². The third-order valence-electron chi connectivity index (χ3n) is 2.66. The van der Waals surface area contributed by atoms with Crippen molar-refractivity contribution >= 4 is 22.0 Å². The monoisotopic (exact) mass is 269 g/mol. The quantitative estimate of drug-likeness (QED) is 0.599. The summed E-state index contributed by atoms with van der Waals surface area (Å²) >= 11 is 3.20. The number of benzene rings is 1. The van der Waals surface area contributed by atoms with Crippen molar-refractivity contribution in [3.63, 3.8) is 0 Å². The van der Waals surface area contributed by atoms with E-state index in [0.29, 0.717) is 4.47 Å². The molecular weight excluding hydrogens is 261 g/mol. The Morgan fingerprint density at radius 3 is 2.73 bits per heavy atom. The minimum atomic E-state index is -0.520. The molecule has 1 aliphatic carbocycles. The third-order valence-corrected chi connectivity index (χ3v) is 3.46. The molecule has 2 rings (SSSR count). The second kappa shape index (κ2) is 3.54. The zero-order chi connectivity index (χ0) is 11.1. The van der Waals surface area contributed by atoms with Crippen molar-refractivity contribution in [3.8, 4) is 0 Å². The van der Waals surface area contributed by atoms with E-state index in [2.05, 4.69) is 20.9 Å². The van der Waals surface area contributed by atoms with Crippen LogP contribution in [0.2, 0.25) is 0 Å². The van der Waals surface area contributed by atoms with Gasteiger partial charge >= 0.3 is 0 Å². The largest absolute Gasteiger partial charge is 0.235 e. The van der Waals surface area contributed by atoms with Crippen LogP contribution in [0.4, 0.5) is 4.39 Å². The Kier molecular flexibility index (Phi) is 2.49. The Labute approximate surface area is 95.3 Å². The van der Waals surface area contributed by atoms with Crippen LogP contribution in [0.3, 0.4) is 0 Å². The van der Waals surface area contributed by atoms with Crippen LogP contribution in [-0.4, -0.2) is 6.08 Å². The summed E-state index contributed by atoms with van der Waals surface area (Å²) in [6, 6.07) is 3.31. The molecule has 0 unspecified atom stereocenters. The molecule has 4 heteroatoms. The van der Waals surface area contributed by atoms with Gasteiger partial charge < -0.3 is 0 Å². The molecule has 0 aromatic heterocycles. The predicted octanol–water partition coefficient (Wildman–Crippen LogP) is 3.22. The maximum Gasteiger partial charge on any atom is 0.235 e. The molecule has 1 fully saturated rings. The fraction of sp³-hybridized carbons (Fsp3) is 0.364. The summed E-state index contributed by atoms with van der Waals surface area (Å²) in [6.45, 7) is 1.82. The second-order valence-electron chi connectivity index (χ2n) is 3.84. The first-order valence-corrected chi connectivity index (χ1v) is 5.43. The molecule has 78 valence electrons. The number of rotatable bonds is 2. The van der Waals surface area contributed by atoms with E-state index in [4.69, 9.17) is 0 Å². The highest BCUT2D eigenvalue weighted by atomic mass is 79.9.